The van der Waals surface area contributed by atoms with Crippen molar-refractivity contribution in [3.8, 4) is 6.07 Å². The van der Waals surface area contributed by atoms with Crippen LogP contribution in [0, 0.1) is 17.8 Å². The van der Waals surface area contributed by atoms with Crippen LogP contribution in [0.5, 0.6) is 0 Å². The van der Waals surface area contributed by atoms with E-state index in [1.165, 1.54) is 16.5 Å². The highest BCUT2D eigenvalue weighted by Crippen LogP contribution is 2.35. The molecular weight excluding hydrogens is 420 g/mol. The van der Waals surface area contributed by atoms with Crippen LogP contribution in [-0.2, 0) is 6.42 Å². The van der Waals surface area contributed by atoms with Crippen molar-refractivity contribution in [2.75, 3.05) is 0 Å². The molecule has 1 aromatic heterocycles. The summed E-state index contributed by atoms with van der Waals surface area (Å²) in [6.45, 7) is 0. The Morgan fingerprint density at radius 1 is 1.36 bits per heavy atom. The number of hydrogen-bond acceptors (Lipinski definition) is 2. The maximum absolute atomic E-state index is 8.73. The van der Waals surface area contributed by atoms with E-state index >= 15 is 0 Å². The average Bonchev–Trinajstić information content (AvgIpc) is 2.45. The smallest absolute Gasteiger partial charge is 0.0799 e. The SMILES string of the molecule is N#CCc1cccc2sc(I)c(I)c12. The van der Waals surface area contributed by atoms with Crippen molar-refractivity contribution in [2.45, 2.75) is 6.42 Å². The second-order valence-electron chi connectivity index (χ2n) is 2.81. The maximum Gasteiger partial charge on any atom is 0.0799 e. The Morgan fingerprint density at radius 2 is 2.14 bits per heavy atom. The van der Waals surface area contributed by atoms with Crippen LogP contribution in [-0.4, -0.2) is 0 Å². The molecule has 2 aromatic rings. The Morgan fingerprint density at radius 3 is 2.86 bits per heavy atom. The molecule has 1 nitrogen and oxygen atoms in total. The summed E-state index contributed by atoms with van der Waals surface area (Å²) in [7, 11) is 0. The Labute approximate surface area is 113 Å². The van der Waals surface area contributed by atoms with Gasteiger partial charge in [0.05, 0.1) is 15.4 Å². The molecule has 70 valence electrons. The van der Waals surface area contributed by atoms with E-state index < -0.39 is 0 Å². The highest BCUT2D eigenvalue weighted by Gasteiger charge is 2.10. The average molecular weight is 425 g/mol. The Kier molecular flexibility index (Phi) is 3.29. The van der Waals surface area contributed by atoms with Gasteiger partial charge in [0.15, 0.2) is 0 Å². The van der Waals surface area contributed by atoms with Gasteiger partial charge >= 0.3 is 0 Å². The van der Waals surface area contributed by atoms with Crippen LogP contribution >= 0.6 is 56.5 Å². The van der Waals surface area contributed by atoms with Gasteiger partial charge in [0.25, 0.3) is 0 Å². The molecule has 0 aliphatic rings. The molecule has 0 atom stereocenters. The molecular formula is C10H5I2NS. The first-order valence-electron chi connectivity index (χ1n) is 3.96. The quantitative estimate of drug-likeness (QED) is 0.630. The molecule has 2 rings (SSSR count). The van der Waals surface area contributed by atoms with Gasteiger partial charge in [-0.05, 0) is 56.8 Å². The molecule has 1 aromatic carbocycles. The predicted octanol–water partition coefficient (Wildman–Crippen LogP) is 4.18. The van der Waals surface area contributed by atoms with Crippen LogP contribution in [0.15, 0.2) is 18.2 Å². The summed E-state index contributed by atoms with van der Waals surface area (Å²) in [6.07, 6.45) is 0.500. The molecule has 0 saturated heterocycles. The number of hydrogen-bond donors (Lipinski definition) is 0. The number of nitrogens with zero attached hydrogens (tertiary/aromatic N) is 1. The molecule has 1 heterocycles. The van der Waals surface area contributed by atoms with Crippen LogP contribution in [0.4, 0.5) is 0 Å². The van der Waals surface area contributed by atoms with Gasteiger partial charge in [-0.1, -0.05) is 12.1 Å². The molecule has 0 N–H and O–H groups in total. The zero-order chi connectivity index (χ0) is 10.1. The summed E-state index contributed by atoms with van der Waals surface area (Å²) in [4.78, 5) is 0. The molecule has 0 bridgehead atoms. The van der Waals surface area contributed by atoms with Gasteiger partial charge in [0.1, 0.15) is 0 Å². The second-order valence-corrected chi connectivity index (χ2v) is 6.76. The van der Waals surface area contributed by atoms with Crippen molar-refractivity contribution in [3.05, 3.63) is 30.2 Å². The van der Waals surface area contributed by atoms with E-state index in [1.54, 1.807) is 11.3 Å². The zero-order valence-corrected chi connectivity index (χ0v) is 12.2. The van der Waals surface area contributed by atoms with Crippen LogP contribution < -0.4 is 0 Å². The van der Waals surface area contributed by atoms with Crippen LogP contribution in [0.2, 0.25) is 0 Å². The highest BCUT2D eigenvalue weighted by molar-refractivity contribution is 14.1. The van der Waals surface area contributed by atoms with Crippen LogP contribution in [0.1, 0.15) is 5.56 Å². The lowest BCUT2D eigenvalue weighted by Gasteiger charge is -1.97. The van der Waals surface area contributed by atoms with E-state index in [9.17, 15) is 0 Å². The molecule has 0 aliphatic heterocycles. The second kappa shape index (κ2) is 4.33. The third-order valence-electron chi connectivity index (χ3n) is 1.97. The Balaban J connectivity index is 2.79. The minimum absolute atomic E-state index is 0.500. The molecule has 4 heteroatoms. The first-order valence-corrected chi connectivity index (χ1v) is 6.93. The Bertz CT molecular complexity index is 525. The molecule has 0 spiro atoms. The van der Waals surface area contributed by atoms with E-state index in [0.717, 1.165) is 5.56 Å². The lowest BCUT2D eigenvalue weighted by atomic mass is 10.1. The predicted molar refractivity (Wildman–Crippen MR) is 76.6 cm³/mol. The van der Waals surface area contributed by atoms with Crippen molar-refractivity contribution in [2.24, 2.45) is 0 Å². The summed E-state index contributed by atoms with van der Waals surface area (Å²) in [6, 6.07) is 8.39. The molecule has 0 unspecified atom stereocenters. The monoisotopic (exact) mass is 425 g/mol. The Hall–Kier alpha value is 0.130. The van der Waals surface area contributed by atoms with E-state index in [4.69, 9.17) is 5.26 Å². The molecule has 0 amide bonds. The number of rotatable bonds is 1. The standard InChI is InChI=1S/C10H5I2NS/c11-9-8-6(4-5-13)2-1-3-7(8)14-10(9)12/h1-3H,4H2. The summed E-state index contributed by atoms with van der Waals surface area (Å²) >= 11 is 6.50. The van der Waals surface area contributed by atoms with Crippen LogP contribution in [0.3, 0.4) is 0 Å². The largest absolute Gasteiger partial charge is 0.198 e. The maximum atomic E-state index is 8.73. The fourth-order valence-corrected chi connectivity index (χ4v) is 4.38. The first kappa shape index (κ1) is 10.6. The van der Waals surface area contributed by atoms with Crippen LogP contribution in [0.25, 0.3) is 10.1 Å². The van der Waals surface area contributed by atoms with Crippen molar-refractivity contribution in [3.63, 3.8) is 0 Å². The first-order chi connectivity index (χ1) is 6.74. The van der Waals surface area contributed by atoms with Gasteiger partial charge in [-0.15, -0.1) is 11.3 Å². The lowest BCUT2D eigenvalue weighted by molar-refractivity contribution is 1.29. The van der Waals surface area contributed by atoms with Gasteiger partial charge in [-0.25, -0.2) is 0 Å². The summed E-state index contributed by atoms with van der Waals surface area (Å²) in [5.41, 5.74) is 1.15. The van der Waals surface area contributed by atoms with Gasteiger partial charge in [-0.3, -0.25) is 0 Å². The molecule has 0 saturated carbocycles. The van der Waals surface area contributed by atoms with Gasteiger partial charge in [0, 0.05) is 13.7 Å². The van der Waals surface area contributed by atoms with E-state index in [2.05, 4.69) is 57.3 Å². The van der Waals surface area contributed by atoms with Gasteiger partial charge in [0.2, 0.25) is 0 Å². The van der Waals surface area contributed by atoms with E-state index in [1.807, 2.05) is 12.1 Å². The third-order valence-corrected chi connectivity index (χ3v) is 6.59. The fraction of sp³-hybridized carbons (Fsp3) is 0.100. The molecule has 0 aliphatic carbocycles. The lowest BCUT2D eigenvalue weighted by Crippen LogP contribution is -1.83. The number of nitriles is 1. The molecule has 0 radical (unpaired) electrons. The number of halogens is 2. The van der Waals surface area contributed by atoms with Crippen molar-refractivity contribution in [1.82, 2.24) is 0 Å². The third kappa shape index (κ3) is 1.77. The summed E-state index contributed by atoms with van der Waals surface area (Å²) in [5.74, 6) is 0. The topological polar surface area (TPSA) is 23.8 Å². The number of fused-ring (bicyclic) bond motifs is 1. The fourth-order valence-electron chi connectivity index (χ4n) is 1.38. The van der Waals surface area contributed by atoms with E-state index in [0.29, 0.717) is 6.42 Å². The van der Waals surface area contributed by atoms with Crippen molar-refractivity contribution >= 4 is 66.6 Å². The summed E-state index contributed by atoms with van der Waals surface area (Å²) in [5, 5.41) is 9.99. The minimum Gasteiger partial charge on any atom is -0.198 e. The van der Waals surface area contributed by atoms with E-state index in [-0.39, 0.29) is 0 Å². The summed E-state index contributed by atoms with van der Waals surface area (Å²) < 4.78 is 3.88. The highest BCUT2D eigenvalue weighted by atomic mass is 127. The number of benzene rings is 1. The van der Waals surface area contributed by atoms with Gasteiger partial charge < -0.3 is 0 Å². The number of thiophene rings is 1. The van der Waals surface area contributed by atoms with Crippen molar-refractivity contribution < 1.29 is 0 Å². The molecule has 14 heavy (non-hydrogen) atoms. The minimum atomic E-state index is 0.500. The molecule has 0 fully saturated rings. The normalized spacial score (nSPS) is 10.4. The zero-order valence-electron chi connectivity index (χ0n) is 7.05. The van der Waals surface area contributed by atoms with Crippen molar-refractivity contribution in [1.29, 1.82) is 5.26 Å². The van der Waals surface area contributed by atoms with Gasteiger partial charge in [-0.2, -0.15) is 5.26 Å².